The normalized spacial score (nSPS) is 10.8. The monoisotopic (exact) mass is 386 g/mol. The molecule has 1 aromatic heterocycles. The summed E-state index contributed by atoms with van der Waals surface area (Å²) in [5, 5.41) is 22.7. The third-order valence-corrected chi connectivity index (χ3v) is 4.54. The number of fused-ring (bicyclic) bond motifs is 1. The van der Waals surface area contributed by atoms with E-state index in [-0.39, 0.29) is 11.4 Å². The molecule has 8 nitrogen and oxygen atoms in total. The number of rotatable bonds is 4. The van der Waals surface area contributed by atoms with E-state index in [1.807, 2.05) is 25.1 Å². The number of benzene rings is 3. The van der Waals surface area contributed by atoms with Gasteiger partial charge in [-0.25, -0.2) is 9.97 Å². The molecule has 0 atom stereocenters. The zero-order chi connectivity index (χ0) is 20.5. The maximum atomic E-state index is 11.0. The molecule has 0 saturated heterocycles. The van der Waals surface area contributed by atoms with Gasteiger partial charge < -0.3 is 0 Å². The summed E-state index contributed by atoms with van der Waals surface area (Å²) in [6.45, 7) is 1.96. The Kier molecular flexibility index (Phi) is 4.44. The van der Waals surface area contributed by atoms with Crippen LogP contribution in [0.25, 0.3) is 33.5 Å². The number of nitro groups is 2. The number of aryl methyl sites for hydroxylation is 1. The highest BCUT2D eigenvalue weighted by Crippen LogP contribution is 2.31. The number of nitro benzene ring substituents is 2. The maximum Gasteiger partial charge on any atom is 0.269 e. The van der Waals surface area contributed by atoms with Crippen LogP contribution in [0.3, 0.4) is 0 Å². The molecule has 0 saturated carbocycles. The first kappa shape index (κ1) is 18.2. The van der Waals surface area contributed by atoms with Crippen LogP contribution in [0, 0.1) is 27.2 Å². The van der Waals surface area contributed by atoms with Gasteiger partial charge >= 0.3 is 0 Å². The third-order valence-electron chi connectivity index (χ3n) is 4.54. The van der Waals surface area contributed by atoms with Gasteiger partial charge in [0.2, 0.25) is 0 Å². The summed E-state index contributed by atoms with van der Waals surface area (Å²) in [7, 11) is 0. The molecule has 3 aromatic carbocycles. The van der Waals surface area contributed by atoms with E-state index in [4.69, 9.17) is 0 Å². The van der Waals surface area contributed by atoms with Gasteiger partial charge in [0.15, 0.2) is 5.82 Å². The molecule has 0 amide bonds. The lowest BCUT2D eigenvalue weighted by molar-refractivity contribution is -0.385. The molecule has 142 valence electrons. The topological polar surface area (TPSA) is 112 Å². The van der Waals surface area contributed by atoms with Crippen molar-refractivity contribution in [3.05, 3.63) is 92.5 Å². The highest BCUT2D eigenvalue weighted by Gasteiger charge is 2.14. The Morgan fingerprint density at radius 2 is 1.28 bits per heavy atom. The van der Waals surface area contributed by atoms with Crippen LogP contribution in [0.15, 0.2) is 66.7 Å². The van der Waals surface area contributed by atoms with Crippen molar-refractivity contribution in [3.8, 4) is 22.6 Å². The highest BCUT2D eigenvalue weighted by atomic mass is 16.6. The van der Waals surface area contributed by atoms with E-state index in [1.54, 1.807) is 24.3 Å². The molecule has 29 heavy (non-hydrogen) atoms. The van der Waals surface area contributed by atoms with Gasteiger partial charge in [0.1, 0.15) is 0 Å². The molecule has 1 heterocycles. The molecule has 4 rings (SSSR count). The van der Waals surface area contributed by atoms with Crippen LogP contribution in [0.1, 0.15) is 5.56 Å². The molecule has 0 aliphatic rings. The molecule has 0 fully saturated rings. The number of aromatic nitrogens is 2. The van der Waals surface area contributed by atoms with E-state index >= 15 is 0 Å². The number of non-ortho nitro benzene ring substituents is 2. The van der Waals surface area contributed by atoms with Gasteiger partial charge in [-0.05, 0) is 43.3 Å². The summed E-state index contributed by atoms with van der Waals surface area (Å²) >= 11 is 0. The Balaban J connectivity index is 1.90. The van der Waals surface area contributed by atoms with Crippen molar-refractivity contribution in [2.75, 3.05) is 0 Å². The average molecular weight is 386 g/mol. The van der Waals surface area contributed by atoms with E-state index in [1.165, 1.54) is 24.3 Å². The Morgan fingerprint density at radius 3 is 1.83 bits per heavy atom. The first-order chi connectivity index (χ1) is 13.9. The first-order valence-electron chi connectivity index (χ1n) is 8.70. The lowest BCUT2D eigenvalue weighted by Gasteiger charge is -2.10. The third kappa shape index (κ3) is 3.51. The van der Waals surface area contributed by atoms with Crippen molar-refractivity contribution >= 4 is 22.3 Å². The van der Waals surface area contributed by atoms with Gasteiger partial charge in [-0.2, -0.15) is 0 Å². The molecule has 0 radical (unpaired) electrons. The van der Waals surface area contributed by atoms with Crippen LogP contribution in [0.2, 0.25) is 0 Å². The van der Waals surface area contributed by atoms with Crippen LogP contribution in [-0.4, -0.2) is 19.8 Å². The molecule has 0 unspecified atom stereocenters. The van der Waals surface area contributed by atoms with Crippen LogP contribution >= 0.6 is 0 Å². The summed E-state index contributed by atoms with van der Waals surface area (Å²) in [5.74, 6) is 0.421. The molecule has 0 bridgehead atoms. The van der Waals surface area contributed by atoms with Gasteiger partial charge in [0.25, 0.3) is 11.4 Å². The predicted molar refractivity (Wildman–Crippen MR) is 108 cm³/mol. The van der Waals surface area contributed by atoms with Gasteiger partial charge in [-0.15, -0.1) is 0 Å². The first-order valence-corrected chi connectivity index (χ1v) is 8.70. The van der Waals surface area contributed by atoms with Crippen LogP contribution in [0.5, 0.6) is 0 Å². The minimum atomic E-state index is -0.462. The van der Waals surface area contributed by atoms with Crippen molar-refractivity contribution in [2.45, 2.75) is 6.92 Å². The molecule has 4 aromatic rings. The van der Waals surface area contributed by atoms with E-state index in [0.717, 1.165) is 16.5 Å². The smallest absolute Gasteiger partial charge is 0.258 e. The SMILES string of the molecule is Cc1ccc2nc(-c3ccc([N+](=O)[O-])cc3)nc(-c3ccc([N+](=O)[O-])cc3)c2c1. The highest BCUT2D eigenvalue weighted by molar-refractivity contribution is 5.94. The fourth-order valence-corrected chi connectivity index (χ4v) is 3.06. The Morgan fingerprint density at radius 1 is 0.724 bits per heavy atom. The number of nitrogens with zero attached hydrogens (tertiary/aromatic N) is 4. The van der Waals surface area contributed by atoms with Crippen molar-refractivity contribution in [1.82, 2.24) is 9.97 Å². The summed E-state index contributed by atoms with van der Waals surface area (Å²) < 4.78 is 0. The van der Waals surface area contributed by atoms with E-state index < -0.39 is 9.85 Å². The maximum absolute atomic E-state index is 11.0. The van der Waals surface area contributed by atoms with Crippen LogP contribution in [0.4, 0.5) is 11.4 Å². The average Bonchev–Trinajstić information content (AvgIpc) is 2.73. The van der Waals surface area contributed by atoms with Crippen molar-refractivity contribution < 1.29 is 9.85 Å². The fraction of sp³-hybridized carbons (Fsp3) is 0.0476. The minimum Gasteiger partial charge on any atom is -0.258 e. The second-order valence-corrected chi connectivity index (χ2v) is 6.52. The predicted octanol–water partition coefficient (Wildman–Crippen LogP) is 5.09. The summed E-state index contributed by atoms with van der Waals surface area (Å²) in [6.07, 6.45) is 0. The number of hydrogen-bond acceptors (Lipinski definition) is 6. The van der Waals surface area contributed by atoms with Crippen molar-refractivity contribution in [3.63, 3.8) is 0 Å². The molecule has 0 N–H and O–H groups in total. The van der Waals surface area contributed by atoms with Crippen LogP contribution < -0.4 is 0 Å². The quantitative estimate of drug-likeness (QED) is 0.357. The van der Waals surface area contributed by atoms with Crippen molar-refractivity contribution in [2.24, 2.45) is 0 Å². The lowest BCUT2D eigenvalue weighted by atomic mass is 10.0. The molecular formula is C21H14N4O4. The Bertz CT molecular complexity index is 1250. The molecule has 0 spiro atoms. The number of hydrogen-bond donors (Lipinski definition) is 0. The standard InChI is InChI=1S/C21H14N4O4/c1-13-2-11-19-18(12-13)20(14-3-7-16(8-4-14)24(26)27)23-21(22-19)15-5-9-17(10-6-15)25(28)29/h2-12H,1H3. The second kappa shape index (κ2) is 7.08. The molecule has 8 heteroatoms. The largest absolute Gasteiger partial charge is 0.269 e. The van der Waals surface area contributed by atoms with E-state index in [2.05, 4.69) is 9.97 Å². The molecule has 0 aliphatic heterocycles. The molecular weight excluding hydrogens is 372 g/mol. The Hall–Kier alpha value is -4.20. The summed E-state index contributed by atoms with van der Waals surface area (Å²) in [6, 6.07) is 18.0. The summed E-state index contributed by atoms with van der Waals surface area (Å²) in [5.41, 5.74) is 3.74. The van der Waals surface area contributed by atoms with E-state index in [0.29, 0.717) is 22.6 Å². The van der Waals surface area contributed by atoms with Gasteiger partial charge in [-0.1, -0.05) is 11.6 Å². The lowest BCUT2D eigenvalue weighted by Crippen LogP contribution is -1.96. The van der Waals surface area contributed by atoms with Gasteiger partial charge in [0, 0.05) is 40.8 Å². The van der Waals surface area contributed by atoms with Crippen molar-refractivity contribution in [1.29, 1.82) is 0 Å². The minimum absolute atomic E-state index is 0.00103. The zero-order valence-electron chi connectivity index (χ0n) is 15.3. The second-order valence-electron chi connectivity index (χ2n) is 6.52. The zero-order valence-corrected chi connectivity index (χ0v) is 15.3. The van der Waals surface area contributed by atoms with Gasteiger partial charge in [0.05, 0.1) is 21.1 Å². The molecule has 0 aliphatic carbocycles. The van der Waals surface area contributed by atoms with Gasteiger partial charge in [-0.3, -0.25) is 20.2 Å². The van der Waals surface area contributed by atoms with Crippen LogP contribution in [-0.2, 0) is 0 Å². The fourth-order valence-electron chi connectivity index (χ4n) is 3.06. The Labute approximate surface area is 164 Å². The van der Waals surface area contributed by atoms with E-state index in [9.17, 15) is 20.2 Å². The summed E-state index contributed by atoms with van der Waals surface area (Å²) in [4.78, 5) is 30.2.